The lowest BCUT2D eigenvalue weighted by atomic mass is 10.4. The molecule has 19 heavy (non-hydrogen) atoms. The van der Waals surface area contributed by atoms with E-state index >= 15 is 0 Å². The molecule has 0 saturated heterocycles. The number of aromatic nitrogens is 2. The number of aliphatic imine (C=N–C) groups is 1. The third-order valence-electron chi connectivity index (χ3n) is 3.36. The van der Waals surface area contributed by atoms with Crippen molar-refractivity contribution in [3.05, 3.63) is 17.5 Å². The highest BCUT2D eigenvalue weighted by molar-refractivity contribution is 14.0. The van der Waals surface area contributed by atoms with Crippen LogP contribution in [0.15, 0.2) is 11.1 Å². The molecule has 6 heteroatoms. The maximum atomic E-state index is 5.93. The van der Waals surface area contributed by atoms with Crippen molar-refractivity contribution in [3.63, 3.8) is 0 Å². The van der Waals surface area contributed by atoms with Crippen molar-refractivity contribution in [2.75, 3.05) is 13.6 Å². The minimum atomic E-state index is 0. The van der Waals surface area contributed by atoms with Crippen LogP contribution in [0.1, 0.15) is 30.7 Å². The molecule has 0 unspecified atom stereocenters. The molecule has 1 aromatic rings. The van der Waals surface area contributed by atoms with Gasteiger partial charge in [-0.25, -0.2) is 0 Å². The van der Waals surface area contributed by atoms with Gasteiger partial charge in [-0.3, -0.25) is 9.67 Å². The van der Waals surface area contributed by atoms with Crippen LogP contribution >= 0.6 is 24.0 Å². The van der Waals surface area contributed by atoms with Crippen molar-refractivity contribution < 1.29 is 0 Å². The zero-order valence-corrected chi connectivity index (χ0v) is 14.3. The first-order chi connectivity index (χ1) is 8.58. The Kier molecular flexibility index (Phi) is 6.09. The normalized spacial score (nSPS) is 15.2. The quantitative estimate of drug-likeness (QED) is 0.369. The average Bonchev–Trinajstić information content (AvgIpc) is 3.11. The fourth-order valence-corrected chi connectivity index (χ4v) is 2.08. The van der Waals surface area contributed by atoms with Gasteiger partial charge in [0.2, 0.25) is 0 Å². The highest BCUT2D eigenvalue weighted by Crippen LogP contribution is 2.24. The second-order valence-electron chi connectivity index (χ2n) is 5.09. The number of rotatable bonds is 5. The minimum Gasteiger partial charge on any atom is -0.370 e. The summed E-state index contributed by atoms with van der Waals surface area (Å²) in [5.41, 5.74) is 8.21. The Hall–Kier alpha value is -0.790. The van der Waals surface area contributed by atoms with Crippen LogP contribution in [0.5, 0.6) is 0 Å². The second-order valence-corrected chi connectivity index (χ2v) is 5.09. The van der Waals surface area contributed by atoms with Gasteiger partial charge in [0.15, 0.2) is 5.96 Å². The summed E-state index contributed by atoms with van der Waals surface area (Å²) in [6.07, 6.45) is 3.47. The van der Waals surface area contributed by atoms with Gasteiger partial charge in [-0.2, -0.15) is 5.10 Å². The molecule has 1 aliphatic rings. The van der Waals surface area contributed by atoms with E-state index in [0.29, 0.717) is 12.0 Å². The van der Waals surface area contributed by atoms with Gasteiger partial charge in [0, 0.05) is 31.9 Å². The highest BCUT2D eigenvalue weighted by atomic mass is 127. The summed E-state index contributed by atoms with van der Waals surface area (Å²) in [5, 5.41) is 4.43. The summed E-state index contributed by atoms with van der Waals surface area (Å²) in [6, 6.07) is 2.73. The van der Waals surface area contributed by atoms with Gasteiger partial charge in [-0.15, -0.1) is 24.0 Å². The highest BCUT2D eigenvalue weighted by Gasteiger charge is 2.27. The monoisotopic (exact) mass is 377 g/mol. The summed E-state index contributed by atoms with van der Waals surface area (Å²) in [5.74, 6) is 0.672. The molecule has 1 saturated carbocycles. The summed E-state index contributed by atoms with van der Waals surface area (Å²) in [6.45, 7) is 5.77. The Bertz CT molecular complexity index is 436. The second kappa shape index (κ2) is 7.12. The van der Waals surface area contributed by atoms with Gasteiger partial charge in [0.1, 0.15) is 0 Å². The Morgan fingerprint density at radius 1 is 1.53 bits per heavy atom. The molecule has 2 rings (SSSR count). The molecule has 5 nitrogen and oxygen atoms in total. The molecule has 1 heterocycles. The van der Waals surface area contributed by atoms with E-state index < -0.39 is 0 Å². The van der Waals surface area contributed by atoms with E-state index in [1.54, 1.807) is 0 Å². The zero-order chi connectivity index (χ0) is 13.1. The predicted octanol–water partition coefficient (Wildman–Crippen LogP) is 1.92. The smallest absolute Gasteiger partial charge is 0.191 e. The molecular weight excluding hydrogens is 353 g/mol. The topological polar surface area (TPSA) is 59.4 Å². The third-order valence-corrected chi connectivity index (χ3v) is 3.36. The van der Waals surface area contributed by atoms with Crippen LogP contribution in [-0.2, 0) is 6.54 Å². The largest absolute Gasteiger partial charge is 0.370 e. The standard InChI is InChI=1S/C13H23N5.HI/c1-10-9-11(2)18(16-10)8-4-7-15-13(14)17(3)12-5-6-12;/h9,12H,4-8H2,1-3H3,(H2,14,15);1H. The number of aryl methyl sites for hydroxylation is 3. The fraction of sp³-hybridized carbons (Fsp3) is 0.692. The first-order valence-electron chi connectivity index (χ1n) is 6.61. The molecule has 1 aliphatic carbocycles. The van der Waals surface area contributed by atoms with E-state index in [1.165, 1.54) is 18.5 Å². The van der Waals surface area contributed by atoms with Crippen molar-refractivity contribution >= 4 is 29.9 Å². The Morgan fingerprint density at radius 3 is 2.74 bits per heavy atom. The van der Waals surface area contributed by atoms with Crippen LogP contribution in [-0.4, -0.2) is 40.3 Å². The molecule has 0 aromatic carbocycles. The maximum Gasteiger partial charge on any atom is 0.191 e. The Morgan fingerprint density at radius 2 is 2.21 bits per heavy atom. The number of hydrogen-bond acceptors (Lipinski definition) is 2. The van der Waals surface area contributed by atoms with E-state index in [4.69, 9.17) is 5.73 Å². The molecule has 0 atom stereocenters. The van der Waals surface area contributed by atoms with Crippen LogP contribution in [0.3, 0.4) is 0 Å². The van der Waals surface area contributed by atoms with E-state index in [9.17, 15) is 0 Å². The summed E-state index contributed by atoms with van der Waals surface area (Å²) >= 11 is 0. The molecule has 0 radical (unpaired) electrons. The fourth-order valence-electron chi connectivity index (χ4n) is 2.08. The predicted molar refractivity (Wildman–Crippen MR) is 89.0 cm³/mol. The molecule has 1 aromatic heterocycles. The van der Waals surface area contributed by atoms with Crippen molar-refractivity contribution in [1.29, 1.82) is 0 Å². The van der Waals surface area contributed by atoms with E-state index in [0.717, 1.165) is 25.2 Å². The Labute approximate surface area is 132 Å². The summed E-state index contributed by atoms with van der Waals surface area (Å²) in [7, 11) is 2.03. The van der Waals surface area contributed by atoms with E-state index in [1.807, 2.05) is 18.7 Å². The van der Waals surface area contributed by atoms with Gasteiger partial charge in [-0.05, 0) is 39.2 Å². The molecule has 2 N–H and O–H groups in total. The van der Waals surface area contributed by atoms with Gasteiger partial charge in [0.25, 0.3) is 0 Å². The van der Waals surface area contributed by atoms with Gasteiger partial charge in [-0.1, -0.05) is 0 Å². The molecule has 0 amide bonds. The van der Waals surface area contributed by atoms with Crippen LogP contribution < -0.4 is 5.73 Å². The van der Waals surface area contributed by atoms with Crippen LogP contribution in [0.25, 0.3) is 0 Å². The zero-order valence-electron chi connectivity index (χ0n) is 12.0. The van der Waals surface area contributed by atoms with E-state index in [-0.39, 0.29) is 24.0 Å². The average molecular weight is 377 g/mol. The van der Waals surface area contributed by atoms with Crippen LogP contribution in [0.4, 0.5) is 0 Å². The number of nitrogens with zero attached hydrogens (tertiary/aromatic N) is 4. The summed E-state index contributed by atoms with van der Waals surface area (Å²) in [4.78, 5) is 6.50. The van der Waals surface area contributed by atoms with Crippen molar-refractivity contribution in [3.8, 4) is 0 Å². The number of halogens is 1. The lowest BCUT2D eigenvalue weighted by Crippen LogP contribution is -2.35. The van der Waals surface area contributed by atoms with Gasteiger partial charge < -0.3 is 10.6 Å². The van der Waals surface area contributed by atoms with Gasteiger partial charge >= 0.3 is 0 Å². The molecular formula is C13H24IN5. The van der Waals surface area contributed by atoms with Crippen molar-refractivity contribution in [2.45, 2.75) is 45.7 Å². The molecule has 0 aliphatic heterocycles. The van der Waals surface area contributed by atoms with Crippen molar-refractivity contribution in [2.24, 2.45) is 10.7 Å². The number of hydrogen-bond donors (Lipinski definition) is 1. The van der Waals surface area contributed by atoms with E-state index in [2.05, 4.69) is 28.0 Å². The molecule has 0 bridgehead atoms. The SMILES string of the molecule is Cc1cc(C)n(CCCN=C(N)N(C)C2CC2)n1.I. The van der Waals surface area contributed by atoms with Crippen LogP contribution in [0, 0.1) is 13.8 Å². The van der Waals surface area contributed by atoms with Gasteiger partial charge in [0.05, 0.1) is 5.69 Å². The van der Waals surface area contributed by atoms with Crippen molar-refractivity contribution in [1.82, 2.24) is 14.7 Å². The lowest BCUT2D eigenvalue weighted by Gasteiger charge is -2.16. The number of guanidine groups is 1. The number of nitrogens with two attached hydrogens (primary N) is 1. The molecule has 0 spiro atoms. The molecule has 1 fully saturated rings. The lowest BCUT2D eigenvalue weighted by molar-refractivity contribution is 0.485. The third kappa shape index (κ3) is 4.67. The minimum absolute atomic E-state index is 0. The summed E-state index contributed by atoms with van der Waals surface area (Å²) < 4.78 is 2.03. The first kappa shape index (κ1) is 16.3. The molecule has 108 valence electrons. The first-order valence-corrected chi connectivity index (χ1v) is 6.61. The maximum absolute atomic E-state index is 5.93. The van der Waals surface area contributed by atoms with Crippen LogP contribution in [0.2, 0.25) is 0 Å². The Balaban J connectivity index is 0.00000180.